The van der Waals surface area contributed by atoms with Crippen molar-refractivity contribution < 1.29 is 29.4 Å². The smallest absolute Gasteiger partial charge is 0.327 e. The average molecular weight is 459 g/mol. The van der Waals surface area contributed by atoms with Crippen LogP contribution in [0.1, 0.15) is 26.5 Å². The van der Waals surface area contributed by atoms with Crippen molar-refractivity contribution in [1.82, 2.24) is 25.9 Å². The fourth-order valence-corrected chi connectivity index (χ4v) is 2.86. The number of thiol groups is 1. The van der Waals surface area contributed by atoms with Gasteiger partial charge in [-0.25, -0.2) is 9.78 Å². The maximum Gasteiger partial charge on any atom is 0.327 e. The summed E-state index contributed by atoms with van der Waals surface area (Å²) in [5.74, 6) is -4.04. The Hall–Kier alpha value is -2.64. The second kappa shape index (κ2) is 12.3. The van der Waals surface area contributed by atoms with E-state index in [1.807, 2.05) is 0 Å². The minimum Gasteiger partial charge on any atom is -0.480 e. The largest absolute Gasteiger partial charge is 0.480 e. The van der Waals surface area contributed by atoms with E-state index in [1.165, 1.54) is 19.4 Å². The molecule has 12 nitrogen and oxygen atoms in total. The zero-order chi connectivity index (χ0) is 23.7. The molecule has 8 N–H and O–H groups in total. The lowest BCUT2D eigenvalue weighted by atomic mass is 10.0. The van der Waals surface area contributed by atoms with Crippen molar-refractivity contribution in [1.29, 1.82) is 0 Å². The highest BCUT2D eigenvalue weighted by Crippen LogP contribution is 2.06. The van der Waals surface area contributed by atoms with Crippen LogP contribution in [0.2, 0.25) is 0 Å². The molecule has 0 aliphatic heterocycles. The summed E-state index contributed by atoms with van der Waals surface area (Å²) in [5.41, 5.74) is 6.47. The Kier molecular flexibility index (Phi) is 10.4. The van der Waals surface area contributed by atoms with Crippen molar-refractivity contribution in [3.05, 3.63) is 18.2 Å². The standard InChI is InChI=1S/C18H30N6O6S/c1-8(2)13(16(27)22-12(6-31)18(29)30)23-17(28)14(9(3)25)24-15(26)11(19)4-10-5-20-7-21-10/h5,7-9,11-14,25,31H,4,6,19H2,1-3H3,(H,20,21)(H,22,27)(H,23,28)(H,24,26)(H,29,30). The molecule has 5 unspecified atom stereocenters. The van der Waals surface area contributed by atoms with Crippen LogP contribution in [0.4, 0.5) is 0 Å². The van der Waals surface area contributed by atoms with E-state index < -0.39 is 59.9 Å². The van der Waals surface area contributed by atoms with Gasteiger partial charge >= 0.3 is 5.97 Å². The second-order valence-electron chi connectivity index (χ2n) is 7.43. The molecule has 0 spiro atoms. The normalized spacial score (nSPS) is 16.0. The van der Waals surface area contributed by atoms with E-state index in [4.69, 9.17) is 10.8 Å². The van der Waals surface area contributed by atoms with Crippen molar-refractivity contribution in [2.75, 3.05) is 5.75 Å². The number of nitrogens with zero attached hydrogens (tertiary/aromatic N) is 1. The molecular weight excluding hydrogens is 428 g/mol. The molecule has 0 aliphatic carbocycles. The monoisotopic (exact) mass is 458 g/mol. The zero-order valence-corrected chi connectivity index (χ0v) is 18.4. The summed E-state index contributed by atoms with van der Waals surface area (Å²) in [6.07, 6.45) is 1.79. The van der Waals surface area contributed by atoms with Gasteiger partial charge in [0, 0.05) is 24.1 Å². The lowest BCUT2D eigenvalue weighted by molar-refractivity contribution is -0.142. The number of nitrogens with one attached hydrogen (secondary N) is 4. The number of hydrogen-bond acceptors (Lipinski definition) is 8. The highest BCUT2D eigenvalue weighted by molar-refractivity contribution is 7.80. The summed E-state index contributed by atoms with van der Waals surface area (Å²) in [6.45, 7) is 4.60. The van der Waals surface area contributed by atoms with Crippen LogP contribution in [0.25, 0.3) is 0 Å². The number of aliphatic carboxylic acids is 1. The molecule has 1 rings (SSSR count). The van der Waals surface area contributed by atoms with Crippen LogP contribution < -0.4 is 21.7 Å². The first-order valence-electron chi connectivity index (χ1n) is 9.63. The molecule has 0 aliphatic rings. The van der Waals surface area contributed by atoms with Gasteiger partial charge in [-0.1, -0.05) is 13.8 Å². The SMILES string of the molecule is CC(C)C(NC(=O)C(NC(=O)C(N)Cc1cnc[nH]1)C(C)O)C(=O)NC(CS)C(=O)O. The van der Waals surface area contributed by atoms with Crippen LogP contribution >= 0.6 is 12.6 Å². The molecule has 1 aromatic rings. The highest BCUT2D eigenvalue weighted by atomic mass is 32.1. The van der Waals surface area contributed by atoms with E-state index in [-0.39, 0.29) is 12.2 Å². The van der Waals surface area contributed by atoms with Crippen LogP contribution in [0.5, 0.6) is 0 Å². The summed E-state index contributed by atoms with van der Waals surface area (Å²) in [6, 6.07) is -4.73. The first kappa shape index (κ1) is 26.4. The number of amides is 3. The molecule has 31 heavy (non-hydrogen) atoms. The molecule has 0 saturated heterocycles. The summed E-state index contributed by atoms with van der Waals surface area (Å²) < 4.78 is 0. The number of carbonyl (C=O) groups is 4. The van der Waals surface area contributed by atoms with Crippen molar-refractivity contribution >= 4 is 36.3 Å². The van der Waals surface area contributed by atoms with Gasteiger partial charge in [-0.2, -0.15) is 12.6 Å². The van der Waals surface area contributed by atoms with E-state index >= 15 is 0 Å². The number of carboxylic acid groups (broad SMARTS) is 1. The first-order chi connectivity index (χ1) is 14.5. The molecule has 1 heterocycles. The van der Waals surface area contributed by atoms with Gasteiger partial charge < -0.3 is 36.9 Å². The van der Waals surface area contributed by atoms with Gasteiger partial charge in [-0.05, 0) is 12.8 Å². The lowest BCUT2D eigenvalue weighted by Crippen LogP contribution is -2.61. The van der Waals surface area contributed by atoms with Crippen molar-refractivity contribution in [3.63, 3.8) is 0 Å². The van der Waals surface area contributed by atoms with Crippen molar-refractivity contribution in [3.8, 4) is 0 Å². The number of aromatic amines is 1. The number of nitrogens with two attached hydrogens (primary N) is 1. The maximum absolute atomic E-state index is 12.7. The molecule has 0 saturated carbocycles. The maximum atomic E-state index is 12.7. The van der Waals surface area contributed by atoms with Crippen LogP contribution in [0, 0.1) is 5.92 Å². The average Bonchev–Trinajstić information content (AvgIpc) is 3.19. The molecular formula is C18H30N6O6S. The number of aromatic nitrogens is 2. The fourth-order valence-electron chi connectivity index (χ4n) is 2.62. The van der Waals surface area contributed by atoms with Gasteiger partial charge in [-0.3, -0.25) is 14.4 Å². The van der Waals surface area contributed by atoms with E-state index in [0.717, 1.165) is 0 Å². The van der Waals surface area contributed by atoms with E-state index in [2.05, 4.69) is 38.5 Å². The Bertz CT molecular complexity index is 757. The molecule has 13 heteroatoms. The number of carboxylic acids is 1. The van der Waals surface area contributed by atoms with E-state index in [9.17, 15) is 24.3 Å². The van der Waals surface area contributed by atoms with Crippen molar-refractivity contribution in [2.24, 2.45) is 11.7 Å². The first-order valence-corrected chi connectivity index (χ1v) is 10.3. The molecule has 0 bridgehead atoms. The molecule has 174 valence electrons. The van der Waals surface area contributed by atoms with Crippen LogP contribution in [-0.4, -0.2) is 79.9 Å². The van der Waals surface area contributed by atoms with E-state index in [0.29, 0.717) is 5.69 Å². The van der Waals surface area contributed by atoms with Crippen LogP contribution in [-0.2, 0) is 25.6 Å². The molecule has 1 aromatic heterocycles. The zero-order valence-electron chi connectivity index (χ0n) is 17.5. The number of aliphatic hydroxyl groups is 1. The van der Waals surface area contributed by atoms with E-state index in [1.54, 1.807) is 13.8 Å². The Labute approximate surface area is 185 Å². The summed E-state index contributed by atoms with van der Waals surface area (Å²) in [4.78, 5) is 55.4. The van der Waals surface area contributed by atoms with Crippen LogP contribution in [0.15, 0.2) is 12.5 Å². The van der Waals surface area contributed by atoms with Crippen LogP contribution in [0.3, 0.4) is 0 Å². The van der Waals surface area contributed by atoms with Gasteiger partial charge in [-0.15, -0.1) is 0 Å². The Balaban J connectivity index is 2.83. The molecule has 0 aromatic carbocycles. The number of rotatable bonds is 12. The fraction of sp³-hybridized carbons (Fsp3) is 0.611. The highest BCUT2D eigenvalue weighted by Gasteiger charge is 2.33. The summed E-state index contributed by atoms with van der Waals surface area (Å²) in [5, 5.41) is 26.2. The number of aliphatic hydroxyl groups excluding tert-OH is 1. The third-order valence-corrected chi connectivity index (χ3v) is 4.80. The Morgan fingerprint density at radius 2 is 1.68 bits per heavy atom. The Morgan fingerprint density at radius 1 is 1.10 bits per heavy atom. The van der Waals surface area contributed by atoms with Gasteiger partial charge in [0.1, 0.15) is 18.1 Å². The Morgan fingerprint density at radius 3 is 2.13 bits per heavy atom. The van der Waals surface area contributed by atoms with Gasteiger partial charge in [0.05, 0.1) is 18.5 Å². The quantitative estimate of drug-likeness (QED) is 0.161. The number of carbonyl (C=O) groups excluding carboxylic acids is 3. The molecule has 0 radical (unpaired) electrons. The molecule has 0 fully saturated rings. The number of imidazole rings is 1. The molecule has 3 amide bonds. The van der Waals surface area contributed by atoms with Gasteiger partial charge in [0.2, 0.25) is 17.7 Å². The topological polar surface area (TPSA) is 200 Å². The summed E-state index contributed by atoms with van der Waals surface area (Å²) in [7, 11) is 0. The lowest BCUT2D eigenvalue weighted by Gasteiger charge is -2.27. The third kappa shape index (κ3) is 8.19. The summed E-state index contributed by atoms with van der Waals surface area (Å²) >= 11 is 3.89. The molecule has 5 atom stereocenters. The second-order valence-corrected chi connectivity index (χ2v) is 7.79. The third-order valence-electron chi connectivity index (χ3n) is 4.44. The predicted octanol–water partition coefficient (Wildman–Crippen LogP) is -2.21. The number of hydrogen-bond donors (Lipinski definition) is 8. The predicted molar refractivity (Wildman–Crippen MR) is 114 cm³/mol. The minimum absolute atomic E-state index is 0.136. The number of H-pyrrole nitrogens is 1. The van der Waals surface area contributed by atoms with Crippen molar-refractivity contribution in [2.45, 2.75) is 57.5 Å². The minimum atomic E-state index is -1.38. The van der Waals surface area contributed by atoms with Gasteiger partial charge in [0.25, 0.3) is 0 Å². The van der Waals surface area contributed by atoms with Gasteiger partial charge in [0.15, 0.2) is 0 Å².